The van der Waals surface area contributed by atoms with Crippen molar-refractivity contribution < 1.29 is 18.0 Å². The molecule has 2 saturated heterocycles. The highest BCUT2D eigenvalue weighted by atomic mass is 19.3. The van der Waals surface area contributed by atoms with Crippen LogP contribution in [0.3, 0.4) is 0 Å². The summed E-state index contributed by atoms with van der Waals surface area (Å²) in [5.41, 5.74) is -1.07. The second-order valence-corrected chi connectivity index (χ2v) is 6.04. The average molecular weight is 323 g/mol. The number of carbonyl (C=O) groups is 1. The first-order valence-corrected chi connectivity index (χ1v) is 7.50. The summed E-state index contributed by atoms with van der Waals surface area (Å²) in [6, 6.07) is 5.25. The van der Waals surface area contributed by atoms with Crippen molar-refractivity contribution in [2.45, 2.75) is 32.2 Å². The van der Waals surface area contributed by atoms with Gasteiger partial charge in [-0.3, -0.25) is 9.80 Å². The van der Waals surface area contributed by atoms with Crippen molar-refractivity contribution in [2.75, 3.05) is 13.1 Å². The Morgan fingerprint density at radius 2 is 2.17 bits per heavy atom. The highest BCUT2D eigenvalue weighted by Crippen LogP contribution is 2.46. The molecule has 0 saturated carbocycles. The molecule has 2 aliphatic rings. The number of hydrogen-bond acceptors (Lipinski definition) is 3. The van der Waals surface area contributed by atoms with Crippen LogP contribution in [0.2, 0.25) is 0 Å². The number of amides is 1. The van der Waals surface area contributed by atoms with Crippen LogP contribution < -0.4 is 0 Å². The molecule has 122 valence electrons. The summed E-state index contributed by atoms with van der Waals surface area (Å²) in [6.07, 6.45) is -2.16. The molecule has 2 fully saturated rings. The van der Waals surface area contributed by atoms with Crippen molar-refractivity contribution in [3.05, 3.63) is 35.1 Å². The van der Waals surface area contributed by atoms with Crippen LogP contribution in [0.15, 0.2) is 18.2 Å². The zero-order valence-corrected chi connectivity index (χ0v) is 12.6. The van der Waals surface area contributed by atoms with Crippen LogP contribution in [0.4, 0.5) is 13.2 Å². The Labute approximate surface area is 132 Å². The van der Waals surface area contributed by atoms with E-state index in [1.807, 2.05) is 6.07 Å². The maximum Gasteiger partial charge on any atom is 0.254 e. The molecule has 2 atom stereocenters. The number of benzene rings is 1. The minimum Gasteiger partial charge on any atom is -0.272 e. The maximum atomic E-state index is 13.7. The summed E-state index contributed by atoms with van der Waals surface area (Å²) < 4.78 is 40.6. The number of carbonyl (C=O) groups excluding carboxylic acids is 1. The van der Waals surface area contributed by atoms with Crippen molar-refractivity contribution in [3.8, 4) is 6.07 Å². The van der Waals surface area contributed by atoms with E-state index >= 15 is 0 Å². The fraction of sp³-hybridized carbons (Fsp3) is 0.500. The first-order chi connectivity index (χ1) is 10.9. The molecular formula is C16H16F3N3O. The topological polar surface area (TPSA) is 47.3 Å². The summed E-state index contributed by atoms with van der Waals surface area (Å²) in [7, 11) is 0. The fourth-order valence-electron chi connectivity index (χ4n) is 3.50. The molecule has 7 heteroatoms. The van der Waals surface area contributed by atoms with Crippen LogP contribution in [0.25, 0.3) is 0 Å². The van der Waals surface area contributed by atoms with Gasteiger partial charge in [-0.25, -0.2) is 18.2 Å². The van der Waals surface area contributed by atoms with Crippen molar-refractivity contribution >= 4 is 5.91 Å². The third-order valence-corrected chi connectivity index (χ3v) is 4.84. The van der Waals surface area contributed by atoms with Crippen LogP contribution in [0.1, 0.15) is 36.9 Å². The molecule has 0 bridgehead atoms. The second-order valence-electron chi connectivity index (χ2n) is 6.04. The molecule has 1 aromatic rings. The normalized spacial score (nSPS) is 27.6. The van der Waals surface area contributed by atoms with Crippen molar-refractivity contribution in [3.63, 3.8) is 0 Å². The lowest BCUT2D eigenvalue weighted by molar-refractivity contribution is -0.148. The third-order valence-electron chi connectivity index (χ3n) is 4.84. The minimum atomic E-state index is -2.74. The zero-order valence-electron chi connectivity index (χ0n) is 12.6. The van der Waals surface area contributed by atoms with Gasteiger partial charge in [-0.1, -0.05) is 6.92 Å². The Morgan fingerprint density at radius 1 is 1.43 bits per heavy atom. The summed E-state index contributed by atoms with van der Waals surface area (Å²) >= 11 is 0. The number of nitrogens with zero attached hydrogens (tertiary/aromatic N) is 3. The first-order valence-electron chi connectivity index (χ1n) is 7.50. The predicted octanol–water partition coefficient (Wildman–Crippen LogP) is 2.86. The molecular weight excluding hydrogens is 307 g/mol. The summed E-state index contributed by atoms with van der Waals surface area (Å²) in [5.74, 6) is -1.18. The van der Waals surface area contributed by atoms with Gasteiger partial charge in [-0.15, -0.1) is 0 Å². The number of nitriles is 1. The van der Waals surface area contributed by atoms with Gasteiger partial charge < -0.3 is 0 Å². The Balaban J connectivity index is 1.98. The number of halogens is 3. The molecule has 3 rings (SSSR count). The maximum absolute atomic E-state index is 13.7. The van der Waals surface area contributed by atoms with E-state index in [9.17, 15) is 18.0 Å². The van der Waals surface area contributed by atoms with Gasteiger partial charge in [0, 0.05) is 13.1 Å². The summed E-state index contributed by atoms with van der Waals surface area (Å²) in [5, 5.41) is 11.9. The van der Waals surface area contributed by atoms with Gasteiger partial charge in [0.1, 0.15) is 11.2 Å². The molecule has 23 heavy (non-hydrogen) atoms. The lowest BCUT2D eigenvalue weighted by Crippen LogP contribution is -2.41. The lowest BCUT2D eigenvalue weighted by Gasteiger charge is -2.27. The summed E-state index contributed by atoms with van der Waals surface area (Å²) in [6.45, 7) is 2.03. The largest absolute Gasteiger partial charge is 0.272 e. The molecule has 1 amide bonds. The van der Waals surface area contributed by atoms with Gasteiger partial charge in [0.15, 0.2) is 0 Å². The molecule has 2 aliphatic heterocycles. The van der Waals surface area contributed by atoms with E-state index in [0.717, 1.165) is 6.07 Å². The van der Waals surface area contributed by atoms with Crippen LogP contribution in [-0.2, 0) is 4.79 Å². The van der Waals surface area contributed by atoms with Crippen molar-refractivity contribution in [1.29, 1.82) is 5.26 Å². The fourth-order valence-corrected chi connectivity index (χ4v) is 3.50. The van der Waals surface area contributed by atoms with Crippen molar-refractivity contribution in [2.24, 2.45) is 5.41 Å². The van der Waals surface area contributed by atoms with E-state index < -0.39 is 29.6 Å². The van der Waals surface area contributed by atoms with Gasteiger partial charge in [0.25, 0.3) is 12.3 Å². The van der Waals surface area contributed by atoms with Crippen molar-refractivity contribution in [1.82, 2.24) is 10.0 Å². The zero-order chi connectivity index (χ0) is 16.8. The van der Waals surface area contributed by atoms with E-state index in [4.69, 9.17) is 5.26 Å². The number of rotatable bonds is 3. The smallest absolute Gasteiger partial charge is 0.254 e. The number of fused-ring (bicyclic) bond motifs is 1. The minimum absolute atomic E-state index is 0.0169. The number of alkyl halides is 2. The Hall–Kier alpha value is -2.07. The molecule has 0 N–H and O–H groups in total. The molecule has 0 spiro atoms. The van der Waals surface area contributed by atoms with Gasteiger partial charge in [-0.2, -0.15) is 5.26 Å². The Bertz CT molecular complexity index is 688. The van der Waals surface area contributed by atoms with E-state index in [1.54, 1.807) is 11.9 Å². The highest BCUT2D eigenvalue weighted by molar-refractivity contribution is 5.85. The molecule has 2 heterocycles. The second kappa shape index (κ2) is 5.53. The van der Waals surface area contributed by atoms with Gasteiger partial charge >= 0.3 is 0 Å². The van der Waals surface area contributed by atoms with Gasteiger partial charge in [0.05, 0.1) is 17.7 Å². The quantitative estimate of drug-likeness (QED) is 0.859. The Kier molecular flexibility index (Phi) is 3.80. The monoisotopic (exact) mass is 323 g/mol. The third kappa shape index (κ3) is 2.29. The molecule has 0 radical (unpaired) electrons. The molecule has 1 aromatic carbocycles. The van der Waals surface area contributed by atoms with Crippen LogP contribution in [0, 0.1) is 22.6 Å². The standard InChI is InChI=1S/C16H16F3N3O/c1-2-16(14(18)19)9-21-4-3-13(22(21)15(16)23)11-5-10(8-20)6-12(17)7-11/h5-7,13-14H,2-4,9H2,1H3/t13-,16?/m0/s1. The molecule has 1 unspecified atom stereocenters. The van der Waals surface area contributed by atoms with Crippen LogP contribution in [0.5, 0.6) is 0 Å². The number of hydrazine groups is 1. The Morgan fingerprint density at radius 3 is 2.78 bits per heavy atom. The van der Waals surface area contributed by atoms with Crippen LogP contribution in [-0.4, -0.2) is 35.4 Å². The first kappa shape index (κ1) is 15.8. The van der Waals surface area contributed by atoms with E-state index in [2.05, 4.69) is 0 Å². The van der Waals surface area contributed by atoms with E-state index in [1.165, 1.54) is 17.1 Å². The van der Waals surface area contributed by atoms with Gasteiger partial charge in [0.2, 0.25) is 0 Å². The summed E-state index contributed by atoms with van der Waals surface area (Å²) in [4.78, 5) is 12.7. The molecule has 0 aliphatic carbocycles. The van der Waals surface area contributed by atoms with Crippen LogP contribution >= 0.6 is 0 Å². The molecule has 0 aromatic heterocycles. The number of hydrogen-bond donors (Lipinski definition) is 0. The van der Waals surface area contributed by atoms with E-state index in [-0.39, 0.29) is 18.5 Å². The average Bonchev–Trinajstić information content (AvgIpc) is 3.05. The lowest BCUT2D eigenvalue weighted by atomic mass is 9.84. The molecule has 4 nitrogen and oxygen atoms in total. The van der Waals surface area contributed by atoms with Gasteiger partial charge in [-0.05, 0) is 36.6 Å². The predicted molar refractivity (Wildman–Crippen MR) is 75.6 cm³/mol. The van der Waals surface area contributed by atoms with E-state index in [0.29, 0.717) is 18.5 Å². The SMILES string of the molecule is CCC1(C(F)F)CN2CC[C@@H](c3cc(F)cc(C#N)c3)N2C1=O. The highest BCUT2D eigenvalue weighted by Gasteiger charge is 2.59.